The van der Waals surface area contributed by atoms with E-state index in [2.05, 4.69) is 20.3 Å². The third kappa shape index (κ3) is 2.53. The van der Waals surface area contributed by atoms with Gasteiger partial charge in [0.1, 0.15) is 23.1 Å². The third-order valence-electron chi connectivity index (χ3n) is 3.79. The fourth-order valence-corrected chi connectivity index (χ4v) is 2.90. The van der Waals surface area contributed by atoms with Gasteiger partial charge in [0.25, 0.3) is 0 Å². The molecular formula is C18H15ClN4O. The van der Waals surface area contributed by atoms with Crippen LogP contribution in [0.5, 0.6) is 5.75 Å². The minimum atomic E-state index is 0.627. The highest BCUT2D eigenvalue weighted by Gasteiger charge is 2.12. The summed E-state index contributed by atoms with van der Waals surface area (Å²) in [7, 11) is 0. The molecule has 0 saturated heterocycles. The zero-order valence-electron chi connectivity index (χ0n) is 13.0. The van der Waals surface area contributed by atoms with Gasteiger partial charge in [-0.25, -0.2) is 9.97 Å². The highest BCUT2D eigenvalue weighted by Crippen LogP contribution is 2.32. The minimum absolute atomic E-state index is 0.627. The van der Waals surface area contributed by atoms with E-state index in [-0.39, 0.29) is 0 Å². The minimum Gasteiger partial charge on any atom is -0.494 e. The lowest BCUT2D eigenvalue weighted by molar-refractivity contribution is 0.341. The number of nitrogens with zero attached hydrogens (tertiary/aromatic N) is 2. The smallest absolute Gasteiger partial charge is 0.158 e. The molecule has 24 heavy (non-hydrogen) atoms. The standard InChI is InChI=1S/C18H15ClN4O/c1-2-24-11-7-8-14-12(9-11)16-17(22-14)18(21-10-20-16)23-15-6-4-3-5-13(15)19/h3-10,22H,2H2,1H3,(H,20,21,23). The SMILES string of the molecule is CCOc1ccc2[nH]c3c(Nc4ccccc4Cl)ncnc3c2c1. The van der Waals surface area contributed by atoms with Crippen LogP contribution >= 0.6 is 11.6 Å². The second kappa shape index (κ2) is 6.02. The summed E-state index contributed by atoms with van der Waals surface area (Å²) in [5, 5.41) is 4.91. The number of para-hydroxylation sites is 1. The normalized spacial score (nSPS) is 11.1. The van der Waals surface area contributed by atoms with E-state index < -0.39 is 0 Å². The molecular weight excluding hydrogens is 324 g/mol. The van der Waals surface area contributed by atoms with Crippen LogP contribution in [-0.2, 0) is 0 Å². The molecule has 0 amide bonds. The molecule has 0 bridgehead atoms. The van der Waals surface area contributed by atoms with Crippen molar-refractivity contribution in [2.75, 3.05) is 11.9 Å². The zero-order valence-corrected chi connectivity index (χ0v) is 13.8. The Balaban J connectivity index is 1.85. The number of aromatic amines is 1. The van der Waals surface area contributed by atoms with Gasteiger partial charge in [0.05, 0.1) is 17.3 Å². The van der Waals surface area contributed by atoms with Crippen LogP contribution in [0.1, 0.15) is 6.92 Å². The summed E-state index contributed by atoms with van der Waals surface area (Å²) >= 11 is 6.23. The Morgan fingerprint density at radius 2 is 2.04 bits per heavy atom. The molecule has 2 heterocycles. The molecule has 0 aliphatic heterocycles. The summed E-state index contributed by atoms with van der Waals surface area (Å²) in [5.41, 5.74) is 3.46. The second-order valence-electron chi connectivity index (χ2n) is 5.32. The number of hydrogen-bond donors (Lipinski definition) is 2. The lowest BCUT2D eigenvalue weighted by atomic mass is 10.2. The van der Waals surface area contributed by atoms with E-state index in [4.69, 9.17) is 16.3 Å². The van der Waals surface area contributed by atoms with E-state index >= 15 is 0 Å². The van der Waals surface area contributed by atoms with Gasteiger partial charge in [-0.2, -0.15) is 0 Å². The third-order valence-corrected chi connectivity index (χ3v) is 4.12. The number of fused-ring (bicyclic) bond motifs is 3. The second-order valence-corrected chi connectivity index (χ2v) is 5.72. The summed E-state index contributed by atoms with van der Waals surface area (Å²) in [6.45, 7) is 2.59. The lowest BCUT2D eigenvalue weighted by Crippen LogP contribution is -1.96. The van der Waals surface area contributed by atoms with Crippen molar-refractivity contribution in [3.8, 4) is 5.75 Å². The molecule has 5 nitrogen and oxygen atoms in total. The van der Waals surface area contributed by atoms with Crippen molar-refractivity contribution in [3.63, 3.8) is 0 Å². The molecule has 0 aliphatic rings. The summed E-state index contributed by atoms with van der Waals surface area (Å²) in [5.74, 6) is 1.51. The molecule has 0 unspecified atom stereocenters. The van der Waals surface area contributed by atoms with Crippen LogP contribution in [0.2, 0.25) is 5.02 Å². The van der Waals surface area contributed by atoms with Crippen LogP contribution < -0.4 is 10.1 Å². The first-order valence-corrected chi connectivity index (χ1v) is 8.05. The molecule has 0 radical (unpaired) electrons. The van der Waals surface area contributed by atoms with E-state index in [1.165, 1.54) is 0 Å². The Kier molecular flexibility index (Phi) is 3.70. The van der Waals surface area contributed by atoms with Crippen molar-refractivity contribution < 1.29 is 4.74 Å². The number of rotatable bonds is 4. The first-order chi connectivity index (χ1) is 11.8. The molecule has 4 aromatic rings. The average Bonchev–Trinajstić information content (AvgIpc) is 2.96. The maximum absolute atomic E-state index is 6.23. The Bertz CT molecular complexity index is 1030. The molecule has 0 fully saturated rings. The molecule has 0 aliphatic carbocycles. The van der Waals surface area contributed by atoms with Crippen molar-refractivity contribution in [2.45, 2.75) is 6.92 Å². The molecule has 0 spiro atoms. The number of nitrogens with one attached hydrogen (secondary N) is 2. The summed E-state index contributed by atoms with van der Waals surface area (Å²) in [6.07, 6.45) is 1.54. The summed E-state index contributed by atoms with van der Waals surface area (Å²) in [4.78, 5) is 12.1. The van der Waals surface area contributed by atoms with E-state index in [9.17, 15) is 0 Å². The van der Waals surface area contributed by atoms with E-state index in [0.29, 0.717) is 17.4 Å². The largest absolute Gasteiger partial charge is 0.494 e. The molecule has 2 N–H and O–H groups in total. The fourth-order valence-electron chi connectivity index (χ4n) is 2.71. The van der Waals surface area contributed by atoms with Gasteiger partial charge in [0, 0.05) is 10.9 Å². The van der Waals surface area contributed by atoms with Crippen molar-refractivity contribution in [2.24, 2.45) is 0 Å². The van der Waals surface area contributed by atoms with E-state index in [1.807, 2.05) is 49.4 Å². The quantitative estimate of drug-likeness (QED) is 0.555. The number of aromatic nitrogens is 3. The van der Waals surface area contributed by atoms with Gasteiger partial charge in [-0.3, -0.25) is 0 Å². The molecule has 4 rings (SSSR count). The first-order valence-electron chi connectivity index (χ1n) is 7.67. The summed E-state index contributed by atoms with van der Waals surface area (Å²) < 4.78 is 5.58. The number of halogens is 1. The molecule has 0 saturated carbocycles. The van der Waals surface area contributed by atoms with Gasteiger partial charge in [-0.05, 0) is 37.3 Å². The molecule has 6 heteroatoms. The number of ether oxygens (including phenoxy) is 1. The zero-order chi connectivity index (χ0) is 16.5. The topological polar surface area (TPSA) is 62.8 Å². The van der Waals surface area contributed by atoms with Crippen molar-refractivity contribution in [3.05, 3.63) is 53.8 Å². The van der Waals surface area contributed by atoms with E-state index in [1.54, 1.807) is 6.33 Å². The Hall–Kier alpha value is -2.79. The molecule has 2 aromatic carbocycles. The summed E-state index contributed by atoms with van der Waals surface area (Å²) in [6, 6.07) is 13.5. The van der Waals surface area contributed by atoms with Gasteiger partial charge in [-0.1, -0.05) is 23.7 Å². The van der Waals surface area contributed by atoms with Crippen LogP contribution in [0.3, 0.4) is 0 Å². The molecule has 120 valence electrons. The Morgan fingerprint density at radius 1 is 1.17 bits per heavy atom. The van der Waals surface area contributed by atoms with Crippen LogP contribution in [0.4, 0.5) is 11.5 Å². The number of H-pyrrole nitrogens is 1. The van der Waals surface area contributed by atoms with Gasteiger partial charge in [-0.15, -0.1) is 0 Å². The van der Waals surface area contributed by atoms with E-state index in [0.717, 1.165) is 33.4 Å². The highest BCUT2D eigenvalue weighted by molar-refractivity contribution is 6.33. The number of benzene rings is 2. The van der Waals surface area contributed by atoms with Crippen LogP contribution in [0.25, 0.3) is 21.9 Å². The van der Waals surface area contributed by atoms with Crippen LogP contribution in [0, 0.1) is 0 Å². The fraction of sp³-hybridized carbons (Fsp3) is 0.111. The predicted octanol–water partition coefficient (Wildman–Crippen LogP) is 4.91. The van der Waals surface area contributed by atoms with Crippen molar-refractivity contribution in [1.82, 2.24) is 15.0 Å². The Labute approximate surface area is 143 Å². The highest BCUT2D eigenvalue weighted by atomic mass is 35.5. The monoisotopic (exact) mass is 338 g/mol. The van der Waals surface area contributed by atoms with Crippen molar-refractivity contribution in [1.29, 1.82) is 0 Å². The number of anilines is 2. The average molecular weight is 339 g/mol. The van der Waals surface area contributed by atoms with Gasteiger partial charge >= 0.3 is 0 Å². The van der Waals surface area contributed by atoms with Crippen LogP contribution in [0.15, 0.2) is 48.8 Å². The maximum atomic E-state index is 6.23. The van der Waals surface area contributed by atoms with Crippen molar-refractivity contribution >= 4 is 45.0 Å². The maximum Gasteiger partial charge on any atom is 0.158 e. The molecule has 0 atom stereocenters. The van der Waals surface area contributed by atoms with Gasteiger partial charge in [0.2, 0.25) is 0 Å². The lowest BCUT2D eigenvalue weighted by Gasteiger charge is -2.07. The number of hydrogen-bond acceptors (Lipinski definition) is 4. The molecule has 2 aromatic heterocycles. The Morgan fingerprint density at radius 3 is 2.88 bits per heavy atom. The predicted molar refractivity (Wildman–Crippen MR) is 97.3 cm³/mol. The van der Waals surface area contributed by atoms with Gasteiger partial charge < -0.3 is 15.0 Å². The van der Waals surface area contributed by atoms with Gasteiger partial charge in [0.15, 0.2) is 5.82 Å². The first kappa shape index (κ1) is 14.8. The van der Waals surface area contributed by atoms with Crippen LogP contribution in [-0.4, -0.2) is 21.6 Å².